The molecule has 158 valence electrons. The fraction of sp³-hybridized carbons (Fsp3) is 0.318. The topological polar surface area (TPSA) is 66.5 Å². The molecular formula is C22H24N2O3S3. The van der Waals surface area contributed by atoms with Crippen LogP contribution in [0.25, 0.3) is 0 Å². The highest BCUT2D eigenvalue weighted by atomic mass is 32.2. The predicted octanol–water partition coefficient (Wildman–Crippen LogP) is 4.67. The number of nitrogens with zero attached hydrogens (tertiary/aromatic N) is 1. The molecule has 3 aromatic rings. The summed E-state index contributed by atoms with van der Waals surface area (Å²) in [6.45, 7) is 6.02. The first-order valence-corrected chi connectivity index (χ1v) is 12.9. The average Bonchev–Trinajstić information content (AvgIpc) is 3.36. The van der Waals surface area contributed by atoms with Crippen molar-refractivity contribution in [1.29, 1.82) is 0 Å². The third-order valence-electron chi connectivity index (χ3n) is 4.89. The molecule has 2 aromatic heterocycles. The van der Waals surface area contributed by atoms with E-state index in [9.17, 15) is 13.2 Å². The maximum absolute atomic E-state index is 13.4. The van der Waals surface area contributed by atoms with Gasteiger partial charge in [0.2, 0.25) is 10.0 Å². The number of carbonyl (C=O) groups is 1. The van der Waals surface area contributed by atoms with Gasteiger partial charge in [-0.05, 0) is 79.9 Å². The second-order valence-corrected chi connectivity index (χ2v) is 12.0. The van der Waals surface area contributed by atoms with Gasteiger partial charge in [-0.2, -0.15) is 0 Å². The Morgan fingerprint density at radius 3 is 2.43 bits per heavy atom. The zero-order chi connectivity index (χ0) is 21.5. The van der Waals surface area contributed by atoms with Crippen molar-refractivity contribution in [3.05, 3.63) is 74.1 Å². The molecule has 30 heavy (non-hydrogen) atoms. The van der Waals surface area contributed by atoms with Crippen LogP contribution in [-0.4, -0.2) is 31.3 Å². The van der Waals surface area contributed by atoms with E-state index in [1.807, 2.05) is 16.3 Å². The number of amides is 1. The van der Waals surface area contributed by atoms with E-state index in [1.165, 1.54) is 22.6 Å². The smallest absolute Gasteiger partial charge is 0.254 e. The maximum atomic E-state index is 13.4. The molecule has 0 saturated heterocycles. The van der Waals surface area contributed by atoms with Crippen molar-refractivity contribution in [2.75, 3.05) is 6.54 Å². The second kappa shape index (κ2) is 7.92. The average molecular weight is 461 g/mol. The molecule has 1 aromatic carbocycles. The lowest BCUT2D eigenvalue weighted by atomic mass is 9.97. The van der Waals surface area contributed by atoms with Crippen LogP contribution in [0.3, 0.4) is 0 Å². The summed E-state index contributed by atoms with van der Waals surface area (Å²) in [4.78, 5) is 17.9. The van der Waals surface area contributed by atoms with Crippen LogP contribution in [0.5, 0.6) is 0 Å². The van der Waals surface area contributed by atoms with E-state index in [4.69, 9.17) is 0 Å². The highest BCUT2D eigenvalue weighted by Crippen LogP contribution is 2.40. The van der Waals surface area contributed by atoms with Crippen molar-refractivity contribution in [3.63, 3.8) is 0 Å². The summed E-state index contributed by atoms with van der Waals surface area (Å²) in [5.41, 5.74) is 1.10. The lowest BCUT2D eigenvalue weighted by Gasteiger charge is -2.35. The third kappa shape index (κ3) is 4.23. The van der Waals surface area contributed by atoms with Crippen LogP contribution in [0.15, 0.2) is 58.1 Å². The van der Waals surface area contributed by atoms with Gasteiger partial charge in [0.05, 0.1) is 10.9 Å². The van der Waals surface area contributed by atoms with Gasteiger partial charge in [0.1, 0.15) is 0 Å². The normalized spacial score (nSPS) is 17.0. The van der Waals surface area contributed by atoms with Gasteiger partial charge in [0.25, 0.3) is 5.91 Å². The first-order valence-electron chi connectivity index (χ1n) is 9.70. The maximum Gasteiger partial charge on any atom is 0.254 e. The van der Waals surface area contributed by atoms with Crippen LogP contribution < -0.4 is 4.72 Å². The summed E-state index contributed by atoms with van der Waals surface area (Å²) >= 11 is 3.39. The number of rotatable bonds is 4. The molecule has 0 saturated carbocycles. The van der Waals surface area contributed by atoms with E-state index in [2.05, 4.69) is 22.2 Å². The fourth-order valence-corrected chi connectivity index (χ4v) is 6.87. The minimum absolute atomic E-state index is 0.0852. The largest absolute Gasteiger partial charge is 0.326 e. The number of sulfonamides is 1. The molecule has 0 radical (unpaired) electrons. The number of benzene rings is 1. The molecule has 1 unspecified atom stereocenters. The molecule has 4 rings (SSSR count). The van der Waals surface area contributed by atoms with Gasteiger partial charge in [-0.15, -0.1) is 22.7 Å². The molecule has 1 aliphatic rings. The van der Waals surface area contributed by atoms with Crippen LogP contribution >= 0.6 is 22.7 Å². The van der Waals surface area contributed by atoms with Gasteiger partial charge in [-0.3, -0.25) is 4.79 Å². The molecule has 0 fully saturated rings. The Hall–Kier alpha value is -2.00. The first kappa shape index (κ1) is 21.2. The summed E-state index contributed by atoms with van der Waals surface area (Å²) in [5.74, 6) is -0.0852. The molecule has 1 amide bonds. The van der Waals surface area contributed by atoms with E-state index in [0.717, 1.165) is 11.3 Å². The van der Waals surface area contributed by atoms with Gasteiger partial charge in [0.15, 0.2) is 0 Å². The molecule has 8 heteroatoms. The second-order valence-electron chi connectivity index (χ2n) is 8.35. The molecule has 0 bridgehead atoms. The summed E-state index contributed by atoms with van der Waals surface area (Å²) in [5, 5.41) is 4.11. The molecule has 5 nitrogen and oxygen atoms in total. The summed E-state index contributed by atoms with van der Waals surface area (Å²) in [6.07, 6.45) is 0.836. The Kier molecular flexibility index (Phi) is 5.61. The third-order valence-corrected chi connectivity index (χ3v) is 8.59. The number of fused-ring (bicyclic) bond motifs is 1. The highest BCUT2D eigenvalue weighted by molar-refractivity contribution is 7.89. The Morgan fingerprint density at radius 2 is 1.80 bits per heavy atom. The standard InChI is InChI=1S/C22H24N2O3S3/c1-22(2,3)23-30(26,27)16-8-6-15(7-9-16)21(25)24-12-10-18-17(11-14-29-18)20(24)19-5-4-13-28-19/h4-9,11,13-14,20,23H,10,12H2,1-3H3. The molecule has 0 spiro atoms. The van der Waals surface area contributed by atoms with Crippen LogP contribution in [0, 0.1) is 0 Å². The summed E-state index contributed by atoms with van der Waals surface area (Å²) in [7, 11) is -3.64. The zero-order valence-corrected chi connectivity index (χ0v) is 19.5. The van der Waals surface area contributed by atoms with E-state index in [1.54, 1.807) is 55.6 Å². The SMILES string of the molecule is CC(C)(C)NS(=O)(=O)c1ccc(C(=O)N2CCc3sccc3C2c2cccs2)cc1. The highest BCUT2D eigenvalue weighted by Gasteiger charge is 2.34. The first-order chi connectivity index (χ1) is 14.2. The number of nitrogens with one attached hydrogen (secondary N) is 1. The molecular weight excluding hydrogens is 436 g/mol. The minimum atomic E-state index is -3.64. The number of hydrogen-bond acceptors (Lipinski definition) is 5. The van der Waals surface area contributed by atoms with Crippen molar-refractivity contribution < 1.29 is 13.2 Å². The molecule has 0 aliphatic carbocycles. The molecule has 1 aliphatic heterocycles. The Morgan fingerprint density at radius 1 is 1.07 bits per heavy atom. The van der Waals surface area contributed by atoms with Gasteiger partial charge in [-0.1, -0.05) is 6.07 Å². The molecule has 1 N–H and O–H groups in total. The lowest BCUT2D eigenvalue weighted by Crippen LogP contribution is -2.40. The Balaban J connectivity index is 1.63. The van der Waals surface area contributed by atoms with Crippen LogP contribution in [0.2, 0.25) is 0 Å². The summed E-state index contributed by atoms with van der Waals surface area (Å²) in [6, 6.07) is 12.3. The van der Waals surface area contributed by atoms with Crippen molar-refractivity contribution in [1.82, 2.24) is 9.62 Å². The minimum Gasteiger partial charge on any atom is -0.326 e. The van der Waals surface area contributed by atoms with Crippen molar-refractivity contribution in [3.8, 4) is 0 Å². The Bertz CT molecular complexity index is 1140. The fourth-order valence-electron chi connectivity index (χ4n) is 3.69. The van der Waals surface area contributed by atoms with Crippen molar-refractivity contribution in [2.45, 2.75) is 43.7 Å². The van der Waals surface area contributed by atoms with Crippen molar-refractivity contribution >= 4 is 38.6 Å². The monoisotopic (exact) mass is 460 g/mol. The van der Waals surface area contributed by atoms with Gasteiger partial charge in [0, 0.05) is 27.4 Å². The molecule has 3 heterocycles. The zero-order valence-electron chi connectivity index (χ0n) is 17.1. The van der Waals surface area contributed by atoms with E-state index < -0.39 is 15.6 Å². The van der Waals surface area contributed by atoms with Crippen LogP contribution in [0.4, 0.5) is 0 Å². The lowest BCUT2D eigenvalue weighted by molar-refractivity contribution is 0.0698. The predicted molar refractivity (Wildman–Crippen MR) is 122 cm³/mol. The van der Waals surface area contributed by atoms with Gasteiger partial charge >= 0.3 is 0 Å². The van der Waals surface area contributed by atoms with E-state index in [-0.39, 0.29) is 16.8 Å². The number of thiophene rings is 2. The van der Waals surface area contributed by atoms with Gasteiger partial charge < -0.3 is 4.90 Å². The van der Waals surface area contributed by atoms with E-state index in [0.29, 0.717) is 12.1 Å². The molecule has 1 atom stereocenters. The van der Waals surface area contributed by atoms with Crippen molar-refractivity contribution in [2.24, 2.45) is 0 Å². The number of carbonyl (C=O) groups excluding carboxylic acids is 1. The van der Waals surface area contributed by atoms with Crippen LogP contribution in [-0.2, 0) is 16.4 Å². The van der Waals surface area contributed by atoms with Crippen LogP contribution in [0.1, 0.15) is 52.5 Å². The quantitative estimate of drug-likeness (QED) is 0.615. The summed E-state index contributed by atoms with van der Waals surface area (Å²) < 4.78 is 27.7. The van der Waals surface area contributed by atoms with Gasteiger partial charge in [-0.25, -0.2) is 13.1 Å². The Labute approximate surface area is 185 Å². The number of hydrogen-bond donors (Lipinski definition) is 1. The van der Waals surface area contributed by atoms with E-state index >= 15 is 0 Å².